The average Bonchev–Trinajstić information content (AvgIpc) is 2.94. The molecule has 1 saturated carbocycles. The molecule has 1 rings (SSSR count). The number of nitrogens with zero attached hydrogens (tertiary/aromatic N) is 1. The topological polar surface area (TPSA) is 57.6 Å². The van der Waals surface area contributed by atoms with Gasteiger partial charge in [0, 0.05) is 12.6 Å². The summed E-state index contributed by atoms with van der Waals surface area (Å²) in [5.41, 5.74) is 0. The molecule has 15 heavy (non-hydrogen) atoms. The molecule has 0 saturated heterocycles. The highest BCUT2D eigenvalue weighted by atomic mass is 16.4. The first-order valence-corrected chi connectivity index (χ1v) is 5.46. The largest absolute Gasteiger partial charge is 0.481 e. The van der Waals surface area contributed by atoms with Gasteiger partial charge in [-0.1, -0.05) is 0 Å². The summed E-state index contributed by atoms with van der Waals surface area (Å²) >= 11 is 0. The van der Waals surface area contributed by atoms with E-state index in [4.69, 9.17) is 5.11 Å². The molecule has 0 radical (unpaired) electrons. The smallest absolute Gasteiger partial charge is 0.315 e. The molecule has 1 amide bonds. The average molecular weight is 213 g/mol. The number of aliphatic carboxylic acids is 1. The number of rotatable bonds is 5. The minimum Gasteiger partial charge on any atom is -0.481 e. The van der Waals surface area contributed by atoms with Crippen molar-refractivity contribution in [2.75, 3.05) is 6.54 Å². The highest BCUT2D eigenvalue weighted by Crippen LogP contribution is 2.30. The van der Waals surface area contributed by atoms with E-state index in [0.717, 1.165) is 12.8 Å². The van der Waals surface area contributed by atoms with Crippen LogP contribution in [-0.4, -0.2) is 34.5 Å². The van der Waals surface area contributed by atoms with Crippen molar-refractivity contribution in [1.82, 2.24) is 4.90 Å². The van der Waals surface area contributed by atoms with Gasteiger partial charge in [-0.2, -0.15) is 0 Å². The molecule has 0 heterocycles. The summed E-state index contributed by atoms with van der Waals surface area (Å²) in [4.78, 5) is 24.2. The Morgan fingerprint density at radius 1 is 1.33 bits per heavy atom. The van der Waals surface area contributed by atoms with E-state index in [1.54, 1.807) is 4.90 Å². The second kappa shape index (κ2) is 4.64. The van der Waals surface area contributed by atoms with Gasteiger partial charge in [0.2, 0.25) is 5.91 Å². The van der Waals surface area contributed by atoms with E-state index in [-0.39, 0.29) is 11.9 Å². The zero-order chi connectivity index (χ0) is 11.6. The number of carbonyl (C=O) groups excluding carboxylic acids is 1. The summed E-state index contributed by atoms with van der Waals surface area (Å²) < 4.78 is 0. The number of hydrogen-bond donors (Lipinski definition) is 1. The number of carbonyl (C=O) groups is 2. The second-order valence-corrected chi connectivity index (χ2v) is 4.59. The molecule has 1 aliphatic rings. The fourth-order valence-corrected chi connectivity index (χ4v) is 1.49. The summed E-state index contributed by atoms with van der Waals surface area (Å²) in [6.07, 6.45) is 2.33. The molecule has 4 nitrogen and oxygen atoms in total. The third kappa shape index (κ3) is 3.22. The minimum atomic E-state index is -1.04. The second-order valence-electron chi connectivity index (χ2n) is 4.59. The first-order chi connectivity index (χ1) is 6.93. The summed E-state index contributed by atoms with van der Waals surface area (Å²) in [6, 6.07) is 0.0832. The number of carboxylic acids is 1. The molecule has 4 heteroatoms. The molecule has 1 unspecified atom stereocenters. The van der Waals surface area contributed by atoms with Gasteiger partial charge in [-0.05, 0) is 39.5 Å². The Hall–Kier alpha value is -1.06. The lowest BCUT2D eigenvalue weighted by atomic mass is 10.1. The van der Waals surface area contributed by atoms with Gasteiger partial charge in [-0.25, -0.2) is 0 Å². The Labute approximate surface area is 90.3 Å². The Morgan fingerprint density at radius 3 is 2.20 bits per heavy atom. The molecule has 0 bridgehead atoms. The molecule has 0 aliphatic heterocycles. The van der Waals surface area contributed by atoms with E-state index >= 15 is 0 Å². The Morgan fingerprint density at radius 2 is 1.87 bits per heavy atom. The van der Waals surface area contributed by atoms with Crippen LogP contribution in [-0.2, 0) is 9.59 Å². The first-order valence-electron chi connectivity index (χ1n) is 5.46. The van der Waals surface area contributed by atoms with Crippen molar-refractivity contribution >= 4 is 11.9 Å². The van der Waals surface area contributed by atoms with Crippen LogP contribution >= 0.6 is 0 Å². The lowest BCUT2D eigenvalue weighted by molar-refractivity contribution is -0.151. The van der Waals surface area contributed by atoms with Crippen molar-refractivity contribution in [3.63, 3.8) is 0 Å². The zero-order valence-corrected chi connectivity index (χ0v) is 9.56. The van der Waals surface area contributed by atoms with E-state index in [9.17, 15) is 9.59 Å². The molecule has 0 aromatic carbocycles. The fraction of sp³-hybridized carbons (Fsp3) is 0.818. The molecule has 1 aliphatic carbocycles. The van der Waals surface area contributed by atoms with Crippen LogP contribution in [0.15, 0.2) is 0 Å². The predicted molar refractivity (Wildman–Crippen MR) is 56.4 cm³/mol. The van der Waals surface area contributed by atoms with Crippen molar-refractivity contribution in [3.05, 3.63) is 0 Å². The predicted octanol–water partition coefficient (Wildman–Crippen LogP) is 1.35. The van der Waals surface area contributed by atoms with Crippen LogP contribution in [0.4, 0.5) is 0 Å². The Bertz CT molecular complexity index is 259. The SMILES string of the molecule is CC(C(=O)O)C(=O)N(CC1CC1)C(C)C. The van der Waals surface area contributed by atoms with Crippen LogP contribution in [0.3, 0.4) is 0 Å². The lowest BCUT2D eigenvalue weighted by Gasteiger charge is -2.28. The summed E-state index contributed by atoms with van der Waals surface area (Å²) in [7, 11) is 0. The van der Waals surface area contributed by atoms with Gasteiger partial charge >= 0.3 is 5.97 Å². The van der Waals surface area contributed by atoms with Crippen LogP contribution in [0.5, 0.6) is 0 Å². The van der Waals surface area contributed by atoms with Gasteiger partial charge in [0.25, 0.3) is 0 Å². The van der Waals surface area contributed by atoms with Crippen LogP contribution in [0.2, 0.25) is 0 Å². The van der Waals surface area contributed by atoms with Crippen molar-refractivity contribution in [2.24, 2.45) is 11.8 Å². The van der Waals surface area contributed by atoms with Gasteiger partial charge in [0.15, 0.2) is 0 Å². The summed E-state index contributed by atoms with van der Waals surface area (Å²) in [5.74, 6) is -1.63. The van der Waals surface area contributed by atoms with Crippen LogP contribution in [0.1, 0.15) is 33.6 Å². The molecule has 1 fully saturated rings. The molecule has 86 valence electrons. The molecule has 0 aromatic rings. The monoisotopic (exact) mass is 213 g/mol. The number of carboxylic acid groups (broad SMARTS) is 1. The molecular formula is C11H19NO3. The molecule has 0 spiro atoms. The van der Waals surface area contributed by atoms with Crippen molar-refractivity contribution in [2.45, 2.75) is 39.7 Å². The van der Waals surface area contributed by atoms with E-state index in [2.05, 4.69) is 0 Å². The van der Waals surface area contributed by atoms with Gasteiger partial charge in [-0.15, -0.1) is 0 Å². The maximum absolute atomic E-state index is 11.8. The van der Waals surface area contributed by atoms with E-state index in [1.165, 1.54) is 6.92 Å². The quantitative estimate of drug-likeness (QED) is 0.701. The molecular weight excluding hydrogens is 194 g/mol. The lowest BCUT2D eigenvalue weighted by Crippen LogP contribution is -2.43. The summed E-state index contributed by atoms with van der Waals surface area (Å²) in [6.45, 7) is 6.02. The Balaban J connectivity index is 2.60. The normalized spacial score (nSPS) is 17.6. The Kier molecular flexibility index (Phi) is 3.72. The van der Waals surface area contributed by atoms with Gasteiger partial charge in [0.05, 0.1) is 0 Å². The fourth-order valence-electron chi connectivity index (χ4n) is 1.49. The highest BCUT2D eigenvalue weighted by molar-refractivity contribution is 5.96. The van der Waals surface area contributed by atoms with E-state index < -0.39 is 11.9 Å². The third-order valence-corrected chi connectivity index (χ3v) is 2.80. The van der Waals surface area contributed by atoms with Crippen LogP contribution in [0.25, 0.3) is 0 Å². The third-order valence-electron chi connectivity index (χ3n) is 2.80. The van der Waals surface area contributed by atoms with Crippen LogP contribution < -0.4 is 0 Å². The van der Waals surface area contributed by atoms with E-state index in [1.807, 2.05) is 13.8 Å². The maximum Gasteiger partial charge on any atom is 0.315 e. The van der Waals surface area contributed by atoms with Crippen molar-refractivity contribution in [3.8, 4) is 0 Å². The maximum atomic E-state index is 11.8. The van der Waals surface area contributed by atoms with Crippen LogP contribution in [0, 0.1) is 11.8 Å². The highest BCUT2D eigenvalue weighted by Gasteiger charge is 2.32. The minimum absolute atomic E-state index is 0.0832. The first kappa shape index (κ1) is 12.0. The standard InChI is InChI=1S/C11H19NO3/c1-7(2)12(6-9-4-5-9)10(13)8(3)11(14)15/h7-9H,4-6H2,1-3H3,(H,14,15). The summed E-state index contributed by atoms with van der Waals surface area (Å²) in [5, 5.41) is 8.79. The van der Waals surface area contributed by atoms with Gasteiger partial charge in [0.1, 0.15) is 5.92 Å². The molecule has 1 N–H and O–H groups in total. The number of amides is 1. The van der Waals surface area contributed by atoms with Crippen molar-refractivity contribution in [1.29, 1.82) is 0 Å². The van der Waals surface area contributed by atoms with Gasteiger partial charge < -0.3 is 10.0 Å². The molecule has 1 atom stereocenters. The van der Waals surface area contributed by atoms with Crippen molar-refractivity contribution < 1.29 is 14.7 Å². The number of hydrogen-bond acceptors (Lipinski definition) is 2. The molecule has 0 aromatic heterocycles. The van der Waals surface area contributed by atoms with Gasteiger partial charge in [-0.3, -0.25) is 9.59 Å². The zero-order valence-electron chi connectivity index (χ0n) is 9.56. The van der Waals surface area contributed by atoms with E-state index in [0.29, 0.717) is 12.5 Å².